The van der Waals surface area contributed by atoms with Crippen LogP contribution in [0.4, 0.5) is 10.1 Å². The van der Waals surface area contributed by atoms with Crippen molar-refractivity contribution in [1.82, 2.24) is 9.55 Å². The van der Waals surface area contributed by atoms with Gasteiger partial charge < -0.3 is 5.32 Å². The average Bonchev–Trinajstić information content (AvgIpc) is 3.25. The number of thiophene rings is 1. The quantitative estimate of drug-likeness (QED) is 0.288. The summed E-state index contributed by atoms with van der Waals surface area (Å²) >= 11 is 2.47. The zero-order chi connectivity index (χ0) is 22.7. The minimum atomic E-state index is -0.385. The lowest BCUT2D eigenvalue weighted by atomic mass is 10.0. The first-order chi connectivity index (χ1) is 15.4. The van der Waals surface area contributed by atoms with Crippen molar-refractivity contribution in [2.45, 2.75) is 31.5 Å². The van der Waals surface area contributed by atoms with E-state index in [9.17, 15) is 14.0 Å². The third-order valence-corrected chi connectivity index (χ3v) is 6.87. The smallest absolute Gasteiger partial charge is 0.272 e. The van der Waals surface area contributed by atoms with Crippen LogP contribution in [0.1, 0.15) is 30.9 Å². The number of benzene rings is 2. The number of para-hydroxylation sites is 1. The average molecular weight is 468 g/mol. The van der Waals surface area contributed by atoms with Crippen molar-refractivity contribution < 1.29 is 9.18 Å². The van der Waals surface area contributed by atoms with E-state index < -0.39 is 0 Å². The molecule has 0 aliphatic rings. The fourth-order valence-corrected chi connectivity index (χ4v) is 4.98. The minimum absolute atomic E-state index is 0.0481. The van der Waals surface area contributed by atoms with Crippen LogP contribution in [0.15, 0.2) is 69.9 Å². The van der Waals surface area contributed by atoms with Crippen LogP contribution in [0.2, 0.25) is 0 Å². The lowest BCUT2D eigenvalue weighted by molar-refractivity contribution is -0.113. The Hall–Kier alpha value is -2.97. The number of hydrogen-bond acceptors (Lipinski definition) is 5. The third kappa shape index (κ3) is 4.76. The number of aromatic nitrogens is 2. The number of carbonyl (C=O) groups excluding carboxylic acids is 1. The molecule has 1 amide bonds. The molecule has 4 rings (SSSR count). The van der Waals surface area contributed by atoms with Gasteiger partial charge in [-0.1, -0.05) is 62.0 Å². The topological polar surface area (TPSA) is 64.0 Å². The van der Waals surface area contributed by atoms with Gasteiger partial charge in [0.2, 0.25) is 5.91 Å². The summed E-state index contributed by atoms with van der Waals surface area (Å²) in [6.45, 7) is 4.19. The van der Waals surface area contributed by atoms with Crippen LogP contribution in [0.3, 0.4) is 0 Å². The largest absolute Gasteiger partial charge is 0.325 e. The van der Waals surface area contributed by atoms with E-state index in [-0.39, 0.29) is 35.5 Å². The van der Waals surface area contributed by atoms with Crippen LogP contribution >= 0.6 is 23.1 Å². The second-order valence-electron chi connectivity index (χ2n) is 7.59. The first kappa shape index (κ1) is 22.2. The Kier molecular flexibility index (Phi) is 6.72. The molecule has 4 aromatic rings. The second kappa shape index (κ2) is 9.67. The zero-order valence-corrected chi connectivity index (χ0v) is 19.3. The summed E-state index contributed by atoms with van der Waals surface area (Å²) in [7, 11) is 0. The lowest BCUT2D eigenvalue weighted by Crippen LogP contribution is -2.24. The van der Waals surface area contributed by atoms with Crippen LogP contribution < -0.4 is 10.9 Å². The summed E-state index contributed by atoms with van der Waals surface area (Å²) in [5, 5.41) is 5.14. The molecule has 0 unspecified atom stereocenters. The van der Waals surface area contributed by atoms with Crippen LogP contribution in [0.5, 0.6) is 0 Å². The molecule has 0 saturated heterocycles. The molecule has 0 saturated carbocycles. The summed E-state index contributed by atoms with van der Waals surface area (Å²) in [6.07, 6.45) is 0. The zero-order valence-electron chi connectivity index (χ0n) is 17.7. The molecular formula is C24H22FN3O2S2. The molecule has 5 nitrogen and oxygen atoms in total. The van der Waals surface area contributed by atoms with Gasteiger partial charge in [-0.3, -0.25) is 14.2 Å². The number of nitrogens with one attached hydrogen (secondary N) is 1. The van der Waals surface area contributed by atoms with Crippen molar-refractivity contribution in [2.75, 3.05) is 11.1 Å². The lowest BCUT2D eigenvalue weighted by Gasteiger charge is -2.14. The molecule has 0 aliphatic heterocycles. The Bertz CT molecular complexity index is 1330. The first-order valence-corrected chi connectivity index (χ1v) is 12.0. The second-order valence-corrected chi connectivity index (χ2v) is 9.45. The van der Waals surface area contributed by atoms with Crippen molar-refractivity contribution in [3.8, 4) is 0 Å². The molecule has 0 aliphatic carbocycles. The van der Waals surface area contributed by atoms with Gasteiger partial charge in [0.15, 0.2) is 5.16 Å². The highest BCUT2D eigenvalue weighted by Crippen LogP contribution is 2.25. The molecule has 2 heterocycles. The van der Waals surface area contributed by atoms with E-state index in [2.05, 4.69) is 24.1 Å². The van der Waals surface area contributed by atoms with Gasteiger partial charge in [0.1, 0.15) is 10.5 Å². The van der Waals surface area contributed by atoms with Gasteiger partial charge in [-0.05, 0) is 35.1 Å². The highest BCUT2D eigenvalue weighted by atomic mass is 32.2. The first-order valence-electron chi connectivity index (χ1n) is 10.2. The maximum Gasteiger partial charge on any atom is 0.272 e. The molecule has 2 aromatic carbocycles. The van der Waals surface area contributed by atoms with Gasteiger partial charge >= 0.3 is 0 Å². The van der Waals surface area contributed by atoms with Gasteiger partial charge in [-0.15, -0.1) is 11.3 Å². The highest BCUT2D eigenvalue weighted by Gasteiger charge is 2.16. The maximum atomic E-state index is 14.2. The van der Waals surface area contributed by atoms with Crippen LogP contribution in [0.25, 0.3) is 10.2 Å². The number of nitrogens with zero attached hydrogens (tertiary/aromatic N) is 2. The van der Waals surface area contributed by atoms with E-state index in [4.69, 9.17) is 0 Å². The normalized spacial score (nSPS) is 11.2. The van der Waals surface area contributed by atoms with Gasteiger partial charge in [0.05, 0.1) is 17.8 Å². The van der Waals surface area contributed by atoms with Gasteiger partial charge in [-0.25, -0.2) is 9.37 Å². The van der Waals surface area contributed by atoms with E-state index in [1.54, 1.807) is 29.6 Å². The highest BCUT2D eigenvalue weighted by molar-refractivity contribution is 7.99. The fraction of sp³-hybridized carbons (Fsp3) is 0.208. The summed E-state index contributed by atoms with van der Waals surface area (Å²) < 4.78 is 16.2. The molecular weight excluding hydrogens is 445 g/mol. The number of rotatable bonds is 7. The van der Waals surface area contributed by atoms with E-state index in [1.165, 1.54) is 33.7 Å². The summed E-state index contributed by atoms with van der Waals surface area (Å²) in [5.74, 6) is -0.233. The van der Waals surface area contributed by atoms with Gasteiger partial charge in [0, 0.05) is 11.3 Å². The monoisotopic (exact) mass is 467 g/mol. The van der Waals surface area contributed by atoms with Gasteiger partial charge in [-0.2, -0.15) is 0 Å². The van der Waals surface area contributed by atoms with E-state index in [1.807, 2.05) is 24.3 Å². The van der Waals surface area contributed by atoms with Crippen LogP contribution in [-0.4, -0.2) is 21.2 Å². The Balaban J connectivity index is 1.59. The maximum absolute atomic E-state index is 14.2. The molecule has 32 heavy (non-hydrogen) atoms. The predicted octanol–water partition coefficient (Wildman–Crippen LogP) is 5.50. The van der Waals surface area contributed by atoms with Crippen molar-refractivity contribution in [3.63, 3.8) is 0 Å². The Labute approximate surface area is 193 Å². The summed E-state index contributed by atoms with van der Waals surface area (Å²) in [6, 6.07) is 15.8. The Morgan fingerprint density at radius 2 is 1.91 bits per heavy atom. The number of amides is 1. The van der Waals surface area contributed by atoms with Crippen molar-refractivity contribution in [3.05, 3.63) is 87.3 Å². The van der Waals surface area contributed by atoms with E-state index in [0.717, 1.165) is 11.3 Å². The van der Waals surface area contributed by atoms with Crippen LogP contribution in [0, 0.1) is 5.82 Å². The minimum Gasteiger partial charge on any atom is -0.325 e. The molecule has 0 atom stereocenters. The molecule has 0 fully saturated rings. The molecule has 0 radical (unpaired) electrons. The molecule has 8 heteroatoms. The standard InChI is InChI=1S/C24H22FN3O2S2/c1-15(2)17-8-4-6-10-19(17)26-21(29)14-32-24-27-20-11-12-31-22(20)23(30)28(24)13-16-7-3-5-9-18(16)25/h3-12,15H,13-14H2,1-2H3,(H,26,29). The molecule has 0 spiro atoms. The molecule has 0 bridgehead atoms. The van der Waals surface area contributed by atoms with Gasteiger partial charge in [0.25, 0.3) is 5.56 Å². The Morgan fingerprint density at radius 1 is 1.16 bits per heavy atom. The van der Waals surface area contributed by atoms with Crippen molar-refractivity contribution >= 4 is 44.9 Å². The molecule has 2 aromatic heterocycles. The van der Waals surface area contributed by atoms with E-state index >= 15 is 0 Å². The number of halogens is 1. The number of thioether (sulfide) groups is 1. The third-order valence-electron chi connectivity index (χ3n) is 5.01. The summed E-state index contributed by atoms with van der Waals surface area (Å²) in [5.41, 5.74) is 2.57. The van der Waals surface area contributed by atoms with E-state index in [0.29, 0.717) is 20.9 Å². The number of hydrogen-bond donors (Lipinski definition) is 1. The molecule has 164 valence electrons. The Morgan fingerprint density at radius 3 is 2.69 bits per heavy atom. The fourth-order valence-electron chi connectivity index (χ4n) is 3.40. The van der Waals surface area contributed by atoms with Crippen molar-refractivity contribution in [2.24, 2.45) is 0 Å². The van der Waals surface area contributed by atoms with Crippen LogP contribution in [-0.2, 0) is 11.3 Å². The predicted molar refractivity (Wildman–Crippen MR) is 129 cm³/mol. The number of fused-ring (bicyclic) bond motifs is 1. The summed E-state index contributed by atoms with van der Waals surface area (Å²) in [4.78, 5) is 30.3. The molecule has 1 N–H and O–H groups in total. The number of carbonyl (C=O) groups is 1. The van der Waals surface area contributed by atoms with Crippen molar-refractivity contribution in [1.29, 1.82) is 0 Å². The SMILES string of the molecule is CC(C)c1ccccc1NC(=O)CSc1nc2ccsc2c(=O)n1Cc1ccccc1F. The number of anilines is 1.